The Morgan fingerprint density at radius 3 is 2.16 bits per heavy atom. The number of thiazole rings is 1. The van der Waals surface area contributed by atoms with Crippen LogP contribution in [0.3, 0.4) is 0 Å². The maximum absolute atomic E-state index is 12.7. The molecule has 0 unspecified atom stereocenters. The zero-order valence-electron chi connectivity index (χ0n) is 16.4. The monoisotopic (exact) mass is 428 g/mol. The minimum Gasteiger partial charge on any atom is -0.308 e. The zero-order valence-corrected chi connectivity index (χ0v) is 17.2. The van der Waals surface area contributed by atoms with Crippen molar-refractivity contribution in [2.24, 2.45) is 0 Å². The first-order chi connectivity index (χ1) is 15.0. The van der Waals surface area contributed by atoms with Crippen molar-refractivity contribution >= 4 is 55.9 Å². The van der Waals surface area contributed by atoms with Crippen LogP contribution in [0.1, 0.15) is 26.3 Å². The van der Waals surface area contributed by atoms with Crippen LogP contribution in [0.2, 0.25) is 0 Å². The highest BCUT2D eigenvalue weighted by molar-refractivity contribution is 7.22. The molecule has 5 rings (SSSR count). The molecule has 0 saturated carbocycles. The van der Waals surface area contributed by atoms with Crippen LogP contribution in [0.4, 0.5) is 21.3 Å². The Morgan fingerprint density at radius 1 is 0.871 bits per heavy atom. The molecule has 1 aromatic heterocycles. The lowest BCUT2D eigenvalue weighted by atomic mass is 10.1. The van der Waals surface area contributed by atoms with E-state index in [4.69, 9.17) is 0 Å². The number of anilines is 3. The first kappa shape index (κ1) is 19.0. The fourth-order valence-corrected chi connectivity index (χ4v) is 4.38. The van der Waals surface area contributed by atoms with E-state index in [0.717, 1.165) is 15.2 Å². The van der Waals surface area contributed by atoms with Crippen molar-refractivity contribution in [1.29, 1.82) is 0 Å². The fraction of sp³-hybridized carbons (Fsp3) is 0.0435. The molecule has 2 heterocycles. The summed E-state index contributed by atoms with van der Waals surface area (Å²) < 4.78 is 0.750. The molecule has 1 aliphatic heterocycles. The van der Waals surface area contributed by atoms with Crippen LogP contribution in [-0.2, 0) is 0 Å². The number of nitrogens with zero attached hydrogens (tertiary/aromatic N) is 2. The molecule has 0 spiro atoms. The largest absolute Gasteiger partial charge is 0.323 e. The summed E-state index contributed by atoms with van der Waals surface area (Å²) in [5.41, 5.74) is 3.77. The summed E-state index contributed by atoms with van der Waals surface area (Å²) in [5.74, 6) is -0.758. The Balaban J connectivity index is 1.37. The average Bonchev–Trinajstić information content (AvgIpc) is 3.28. The zero-order chi connectivity index (χ0) is 21.5. The van der Waals surface area contributed by atoms with Crippen LogP contribution in [0.5, 0.6) is 0 Å². The summed E-state index contributed by atoms with van der Waals surface area (Å²) in [5, 5.41) is 5.87. The van der Waals surface area contributed by atoms with Gasteiger partial charge in [-0.1, -0.05) is 41.2 Å². The van der Waals surface area contributed by atoms with Gasteiger partial charge in [0, 0.05) is 11.4 Å². The lowest BCUT2D eigenvalue weighted by Gasteiger charge is -2.08. The van der Waals surface area contributed by atoms with Crippen LogP contribution in [0.25, 0.3) is 10.2 Å². The highest BCUT2D eigenvalue weighted by atomic mass is 32.1. The number of urea groups is 1. The lowest BCUT2D eigenvalue weighted by molar-refractivity contribution is 0.0926. The molecule has 4 amide bonds. The number of benzene rings is 3. The normalized spacial score (nSPS) is 12.9. The molecule has 0 fully saturated rings. The molecule has 152 valence electrons. The van der Waals surface area contributed by atoms with Crippen molar-refractivity contribution in [2.45, 2.75) is 6.92 Å². The summed E-state index contributed by atoms with van der Waals surface area (Å²) in [6.07, 6.45) is 0. The summed E-state index contributed by atoms with van der Waals surface area (Å²) >= 11 is 1.22. The number of nitrogens with one attached hydrogen (secondary N) is 2. The van der Waals surface area contributed by atoms with Crippen molar-refractivity contribution in [2.75, 3.05) is 15.5 Å². The van der Waals surface area contributed by atoms with Crippen LogP contribution >= 0.6 is 11.3 Å². The number of fused-ring (bicyclic) bond motifs is 2. The first-order valence-electron chi connectivity index (χ1n) is 9.53. The van der Waals surface area contributed by atoms with Gasteiger partial charge in [0.1, 0.15) is 0 Å². The van der Waals surface area contributed by atoms with Gasteiger partial charge in [0.25, 0.3) is 11.8 Å². The second-order valence-corrected chi connectivity index (χ2v) is 8.12. The van der Waals surface area contributed by atoms with E-state index in [1.165, 1.54) is 11.3 Å². The third kappa shape index (κ3) is 3.43. The van der Waals surface area contributed by atoms with E-state index in [1.54, 1.807) is 42.5 Å². The molecule has 0 atom stereocenters. The van der Waals surface area contributed by atoms with E-state index in [9.17, 15) is 14.4 Å². The summed E-state index contributed by atoms with van der Waals surface area (Å²) in [6, 6.07) is 19.1. The standard InChI is InChI=1S/C23H16N4O3S/c1-13-6-8-14(9-7-13)24-22(30)25-15-10-11-18-19(12-15)31-23(26-18)27-20(28)16-4-2-3-5-17(16)21(27)29/h2-12H,1H3,(H2,24,25,30). The molecular weight excluding hydrogens is 412 g/mol. The number of hydrogen-bond acceptors (Lipinski definition) is 5. The van der Waals surface area contributed by atoms with E-state index in [0.29, 0.717) is 33.1 Å². The van der Waals surface area contributed by atoms with E-state index in [-0.39, 0.29) is 17.8 Å². The maximum atomic E-state index is 12.7. The Morgan fingerprint density at radius 2 is 1.48 bits per heavy atom. The van der Waals surface area contributed by atoms with Gasteiger partial charge in [-0.2, -0.15) is 0 Å². The highest BCUT2D eigenvalue weighted by Gasteiger charge is 2.38. The summed E-state index contributed by atoms with van der Waals surface area (Å²) in [7, 11) is 0. The van der Waals surface area contributed by atoms with E-state index in [2.05, 4.69) is 15.6 Å². The minimum absolute atomic E-state index is 0.308. The van der Waals surface area contributed by atoms with Gasteiger partial charge in [0.15, 0.2) is 0 Å². The Kier molecular flexibility index (Phi) is 4.48. The van der Waals surface area contributed by atoms with Gasteiger partial charge in [-0.25, -0.2) is 14.7 Å². The van der Waals surface area contributed by atoms with Gasteiger partial charge in [-0.15, -0.1) is 0 Å². The first-order valence-corrected chi connectivity index (χ1v) is 10.3. The second-order valence-electron chi connectivity index (χ2n) is 7.12. The predicted molar refractivity (Wildman–Crippen MR) is 121 cm³/mol. The Bertz CT molecular complexity index is 1330. The van der Waals surface area contributed by atoms with Crippen molar-refractivity contribution in [1.82, 2.24) is 4.98 Å². The number of carbonyl (C=O) groups is 3. The quantitative estimate of drug-likeness (QED) is 0.447. The maximum Gasteiger partial charge on any atom is 0.323 e. The third-order valence-corrected chi connectivity index (χ3v) is 5.93. The topological polar surface area (TPSA) is 91.4 Å². The molecule has 0 bridgehead atoms. The molecule has 2 N–H and O–H groups in total. The average molecular weight is 428 g/mol. The van der Waals surface area contributed by atoms with E-state index in [1.807, 2.05) is 31.2 Å². The van der Waals surface area contributed by atoms with Crippen LogP contribution in [0.15, 0.2) is 66.7 Å². The molecule has 8 heteroatoms. The Labute approximate surface area is 181 Å². The van der Waals surface area contributed by atoms with E-state index < -0.39 is 0 Å². The van der Waals surface area contributed by atoms with E-state index >= 15 is 0 Å². The molecule has 3 aromatic carbocycles. The van der Waals surface area contributed by atoms with Crippen molar-refractivity contribution < 1.29 is 14.4 Å². The third-order valence-electron chi connectivity index (χ3n) is 4.93. The van der Waals surface area contributed by atoms with Crippen molar-refractivity contribution in [3.8, 4) is 0 Å². The van der Waals surface area contributed by atoms with Gasteiger partial charge in [-0.05, 0) is 49.4 Å². The second kappa shape index (κ2) is 7.33. The molecule has 0 radical (unpaired) electrons. The predicted octanol–water partition coefficient (Wildman–Crippen LogP) is 5.05. The number of imide groups is 1. The van der Waals surface area contributed by atoms with Crippen LogP contribution in [-0.4, -0.2) is 22.8 Å². The van der Waals surface area contributed by atoms with Gasteiger partial charge in [0.2, 0.25) is 5.13 Å². The van der Waals surface area contributed by atoms with Gasteiger partial charge in [0.05, 0.1) is 21.3 Å². The summed E-state index contributed by atoms with van der Waals surface area (Å²) in [6.45, 7) is 1.98. The number of aryl methyl sites for hydroxylation is 1. The molecular formula is C23H16N4O3S. The molecule has 0 saturated heterocycles. The van der Waals surface area contributed by atoms with Crippen LogP contribution < -0.4 is 15.5 Å². The van der Waals surface area contributed by atoms with Gasteiger partial charge < -0.3 is 10.6 Å². The number of carbonyl (C=O) groups excluding carboxylic acids is 3. The van der Waals surface area contributed by atoms with Crippen molar-refractivity contribution in [3.63, 3.8) is 0 Å². The number of hydrogen-bond donors (Lipinski definition) is 2. The molecule has 4 aromatic rings. The van der Waals surface area contributed by atoms with Gasteiger partial charge >= 0.3 is 6.03 Å². The summed E-state index contributed by atoms with van der Waals surface area (Å²) in [4.78, 5) is 43.2. The SMILES string of the molecule is Cc1ccc(NC(=O)Nc2ccc3nc(N4C(=O)c5ccccc5C4=O)sc3c2)cc1. The number of aromatic nitrogens is 1. The fourth-order valence-electron chi connectivity index (χ4n) is 3.38. The van der Waals surface area contributed by atoms with Crippen molar-refractivity contribution in [3.05, 3.63) is 83.4 Å². The number of rotatable bonds is 3. The highest BCUT2D eigenvalue weighted by Crippen LogP contribution is 2.35. The molecule has 0 aliphatic carbocycles. The lowest BCUT2D eigenvalue weighted by Crippen LogP contribution is -2.29. The van der Waals surface area contributed by atoms with Crippen LogP contribution in [0, 0.1) is 6.92 Å². The van der Waals surface area contributed by atoms with Gasteiger partial charge in [-0.3, -0.25) is 9.59 Å². The Hall–Kier alpha value is -4.04. The smallest absolute Gasteiger partial charge is 0.308 e. The molecule has 31 heavy (non-hydrogen) atoms. The number of amides is 4. The minimum atomic E-state index is -0.379. The molecule has 7 nitrogen and oxygen atoms in total. The molecule has 1 aliphatic rings.